The summed E-state index contributed by atoms with van der Waals surface area (Å²) >= 11 is 0. The second-order valence-electron chi connectivity index (χ2n) is 7.76. The highest BCUT2D eigenvalue weighted by Crippen LogP contribution is 2.33. The number of carbonyl (C=O) groups is 2. The molecular weight excluding hydrogens is 372 g/mol. The highest BCUT2D eigenvalue weighted by molar-refractivity contribution is 5.89. The molecule has 5 heteroatoms. The van der Waals surface area contributed by atoms with Crippen LogP contribution in [0, 0.1) is 23.5 Å². The Hall–Kier alpha value is -2.56. The van der Waals surface area contributed by atoms with Crippen LogP contribution in [0.3, 0.4) is 0 Å². The minimum absolute atomic E-state index is 0.0542. The smallest absolute Gasteiger partial charge is 0.223 e. The van der Waals surface area contributed by atoms with E-state index in [9.17, 15) is 18.4 Å². The number of halogens is 2. The topological polar surface area (TPSA) is 46.2 Å². The largest absolute Gasteiger partial charge is 0.356 e. The van der Waals surface area contributed by atoms with Crippen molar-refractivity contribution in [3.8, 4) is 0 Å². The number of amides is 1. The standard InChI is InChI=1S/C24H27F2NO2/c25-19-11-7-17(8-12-19)3-1-6-23(28)21-4-2-5-22(21)24(29)27-16-15-18-9-13-20(26)14-10-18/h7-14,21-22H,1-6,15-16H2,(H,27,29)/t21-,22-/m1/s1. The van der Waals surface area contributed by atoms with Crippen molar-refractivity contribution in [2.45, 2.75) is 44.9 Å². The minimum atomic E-state index is -0.274. The van der Waals surface area contributed by atoms with Crippen LogP contribution >= 0.6 is 0 Å². The summed E-state index contributed by atoms with van der Waals surface area (Å²) in [6, 6.07) is 12.6. The molecule has 0 heterocycles. The summed E-state index contributed by atoms with van der Waals surface area (Å²) in [4.78, 5) is 25.2. The van der Waals surface area contributed by atoms with Crippen LogP contribution in [0.4, 0.5) is 8.78 Å². The van der Waals surface area contributed by atoms with Crippen LogP contribution < -0.4 is 5.32 Å². The maximum absolute atomic E-state index is 13.0. The summed E-state index contributed by atoms with van der Waals surface area (Å²) in [5, 5.41) is 2.94. The second kappa shape index (κ2) is 10.3. The molecule has 0 bridgehead atoms. The Morgan fingerprint density at radius 2 is 1.38 bits per heavy atom. The first-order chi connectivity index (χ1) is 14.0. The summed E-state index contributed by atoms with van der Waals surface area (Å²) in [5.41, 5.74) is 1.98. The summed E-state index contributed by atoms with van der Waals surface area (Å²) in [5.74, 6) is -0.881. The molecule has 1 fully saturated rings. The van der Waals surface area contributed by atoms with Gasteiger partial charge in [0, 0.05) is 24.8 Å². The maximum Gasteiger partial charge on any atom is 0.223 e. The fourth-order valence-electron chi connectivity index (χ4n) is 4.07. The number of ketones is 1. The van der Waals surface area contributed by atoms with E-state index in [2.05, 4.69) is 5.32 Å². The second-order valence-corrected chi connectivity index (χ2v) is 7.76. The van der Waals surface area contributed by atoms with Crippen molar-refractivity contribution in [1.29, 1.82) is 0 Å². The van der Waals surface area contributed by atoms with Crippen molar-refractivity contribution in [3.05, 3.63) is 71.3 Å². The molecule has 0 saturated heterocycles. The van der Waals surface area contributed by atoms with Gasteiger partial charge in [0.1, 0.15) is 17.4 Å². The van der Waals surface area contributed by atoms with Gasteiger partial charge in [-0.05, 0) is 67.5 Å². The fourth-order valence-corrected chi connectivity index (χ4v) is 4.07. The Labute approximate surface area is 170 Å². The lowest BCUT2D eigenvalue weighted by atomic mass is 9.88. The van der Waals surface area contributed by atoms with E-state index in [1.54, 1.807) is 24.3 Å². The van der Waals surface area contributed by atoms with Crippen molar-refractivity contribution in [1.82, 2.24) is 5.32 Å². The van der Waals surface area contributed by atoms with Gasteiger partial charge < -0.3 is 5.32 Å². The minimum Gasteiger partial charge on any atom is -0.356 e. The maximum atomic E-state index is 13.0. The predicted octanol–water partition coefficient (Wildman–Crippen LogP) is 4.63. The molecule has 2 atom stereocenters. The van der Waals surface area contributed by atoms with E-state index in [1.165, 1.54) is 24.3 Å². The first-order valence-corrected chi connectivity index (χ1v) is 10.3. The van der Waals surface area contributed by atoms with E-state index in [1.807, 2.05) is 0 Å². The molecule has 3 nitrogen and oxygen atoms in total. The first kappa shape index (κ1) is 21.2. The Morgan fingerprint density at radius 3 is 2.00 bits per heavy atom. The van der Waals surface area contributed by atoms with Gasteiger partial charge in [-0.2, -0.15) is 0 Å². The molecule has 0 radical (unpaired) electrons. The lowest BCUT2D eigenvalue weighted by molar-refractivity contribution is -0.132. The van der Waals surface area contributed by atoms with Crippen LogP contribution in [0.1, 0.15) is 43.2 Å². The molecule has 1 N–H and O–H groups in total. The molecule has 29 heavy (non-hydrogen) atoms. The number of aryl methyl sites for hydroxylation is 1. The fraction of sp³-hybridized carbons (Fsp3) is 0.417. The van der Waals surface area contributed by atoms with Gasteiger partial charge in [-0.25, -0.2) is 8.78 Å². The molecule has 1 amide bonds. The molecule has 2 aromatic carbocycles. The predicted molar refractivity (Wildman–Crippen MR) is 108 cm³/mol. The van der Waals surface area contributed by atoms with Crippen LogP contribution in [0.25, 0.3) is 0 Å². The molecular formula is C24H27F2NO2. The first-order valence-electron chi connectivity index (χ1n) is 10.3. The van der Waals surface area contributed by atoms with Crippen molar-refractivity contribution in [2.24, 2.45) is 11.8 Å². The quantitative estimate of drug-likeness (QED) is 0.668. The molecule has 0 unspecified atom stereocenters. The Kier molecular flexibility index (Phi) is 7.50. The Morgan fingerprint density at radius 1 is 0.828 bits per heavy atom. The molecule has 0 aliphatic heterocycles. The van der Waals surface area contributed by atoms with Crippen molar-refractivity contribution >= 4 is 11.7 Å². The molecule has 1 saturated carbocycles. The number of nitrogens with one attached hydrogen (secondary N) is 1. The van der Waals surface area contributed by atoms with Gasteiger partial charge in [0.25, 0.3) is 0 Å². The summed E-state index contributed by atoms with van der Waals surface area (Å²) in [6.07, 6.45) is 4.93. The van der Waals surface area contributed by atoms with Crippen LogP contribution in [0.2, 0.25) is 0 Å². The summed E-state index contributed by atoms with van der Waals surface area (Å²) in [6.45, 7) is 0.479. The van der Waals surface area contributed by atoms with Gasteiger partial charge in [0.15, 0.2) is 0 Å². The van der Waals surface area contributed by atoms with Gasteiger partial charge in [0.05, 0.1) is 0 Å². The van der Waals surface area contributed by atoms with Gasteiger partial charge >= 0.3 is 0 Å². The van der Waals surface area contributed by atoms with E-state index in [0.717, 1.165) is 36.8 Å². The molecule has 2 aromatic rings. The zero-order valence-corrected chi connectivity index (χ0v) is 16.5. The van der Waals surface area contributed by atoms with Crippen molar-refractivity contribution < 1.29 is 18.4 Å². The molecule has 1 aliphatic carbocycles. The van der Waals surface area contributed by atoms with Gasteiger partial charge in [-0.15, -0.1) is 0 Å². The van der Waals surface area contributed by atoms with E-state index >= 15 is 0 Å². The Bertz CT molecular complexity index is 748. The third-order valence-corrected chi connectivity index (χ3v) is 5.69. The monoisotopic (exact) mass is 399 g/mol. The van der Waals surface area contributed by atoms with Crippen LogP contribution in [-0.2, 0) is 22.4 Å². The average molecular weight is 399 g/mol. The summed E-state index contributed by atoms with van der Waals surface area (Å²) in [7, 11) is 0. The number of carbonyl (C=O) groups excluding carboxylic acids is 2. The van der Waals surface area contributed by atoms with Gasteiger partial charge in [-0.3, -0.25) is 9.59 Å². The highest BCUT2D eigenvalue weighted by atomic mass is 19.1. The molecule has 0 aromatic heterocycles. The third kappa shape index (κ3) is 6.21. The highest BCUT2D eigenvalue weighted by Gasteiger charge is 2.36. The van der Waals surface area contributed by atoms with Gasteiger partial charge in [0.2, 0.25) is 5.91 Å². The molecule has 3 rings (SSSR count). The van der Waals surface area contributed by atoms with Crippen LogP contribution in [0.15, 0.2) is 48.5 Å². The average Bonchev–Trinajstić information content (AvgIpc) is 3.21. The Balaban J connectivity index is 1.42. The summed E-state index contributed by atoms with van der Waals surface area (Å²) < 4.78 is 25.9. The zero-order valence-electron chi connectivity index (χ0n) is 16.5. The number of Topliss-reactive ketones (excluding diaryl/α,β-unsaturated/α-hetero) is 1. The van der Waals surface area contributed by atoms with E-state index in [0.29, 0.717) is 25.8 Å². The molecule has 0 spiro atoms. The normalized spacial score (nSPS) is 18.6. The number of hydrogen-bond donors (Lipinski definition) is 1. The van der Waals surface area contributed by atoms with Crippen molar-refractivity contribution in [3.63, 3.8) is 0 Å². The lowest BCUT2D eigenvalue weighted by Crippen LogP contribution is -2.36. The third-order valence-electron chi connectivity index (χ3n) is 5.69. The van der Waals surface area contributed by atoms with E-state index in [-0.39, 0.29) is 35.2 Å². The van der Waals surface area contributed by atoms with E-state index < -0.39 is 0 Å². The SMILES string of the molecule is O=C(CCCc1ccc(F)cc1)[C@@H]1CCC[C@H]1C(=O)NCCc1ccc(F)cc1. The van der Waals surface area contributed by atoms with Crippen LogP contribution in [0.5, 0.6) is 0 Å². The van der Waals surface area contributed by atoms with Gasteiger partial charge in [-0.1, -0.05) is 30.7 Å². The lowest BCUT2D eigenvalue weighted by Gasteiger charge is -2.18. The number of hydrogen-bond acceptors (Lipinski definition) is 2. The van der Waals surface area contributed by atoms with E-state index in [4.69, 9.17) is 0 Å². The zero-order chi connectivity index (χ0) is 20.6. The van der Waals surface area contributed by atoms with Crippen molar-refractivity contribution in [2.75, 3.05) is 6.54 Å². The number of rotatable bonds is 9. The number of benzene rings is 2. The molecule has 1 aliphatic rings. The molecule has 154 valence electrons. The van der Waals surface area contributed by atoms with Crippen LogP contribution in [-0.4, -0.2) is 18.2 Å².